The molecule has 0 N–H and O–H groups in total. The third kappa shape index (κ3) is 7.93. The van der Waals surface area contributed by atoms with Gasteiger partial charge in [0.2, 0.25) is 0 Å². The van der Waals surface area contributed by atoms with Crippen molar-refractivity contribution in [2.75, 3.05) is 0 Å². The molecule has 0 aliphatic rings. The van der Waals surface area contributed by atoms with Crippen LogP contribution in [0.2, 0.25) is 0 Å². The van der Waals surface area contributed by atoms with Gasteiger partial charge in [-0.15, -0.1) is 0 Å². The molecule has 0 amide bonds. The highest BCUT2D eigenvalue weighted by Crippen LogP contribution is 2.44. The average Bonchev–Trinajstić information content (AvgIpc) is 3.30. The van der Waals surface area contributed by atoms with Crippen molar-refractivity contribution in [3.8, 4) is 67.9 Å². The lowest BCUT2D eigenvalue weighted by Crippen LogP contribution is -2.08. The van der Waals surface area contributed by atoms with Crippen LogP contribution in [0.15, 0.2) is 207 Å². The molecule has 0 bridgehead atoms. The number of ether oxygens (including phenoxy) is 1. The molecule has 0 saturated heterocycles. The van der Waals surface area contributed by atoms with Crippen molar-refractivity contribution >= 4 is 0 Å². The normalized spacial score (nSPS) is 11.5. The van der Waals surface area contributed by atoms with Gasteiger partial charge >= 0.3 is 0 Å². The molecule has 7 aromatic carbocycles. The van der Waals surface area contributed by atoms with Crippen LogP contribution in [0.1, 0.15) is 28.2 Å². The zero-order valence-corrected chi connectivity index (χ0v) is 32.1. The Balaban J connectivity index is 1.15. The topological polar surface area (TPSA) is 60.8 Å². The molecule has 5 nitrogen and oxygen atoms in total. The Hall–Kier alpha value is -7.50. The standard InChI is InChI=1S/C53H40N4O/c1-37-18-14-15-31-49(37)58-50-46(29-17-30-47(50)48(39-21-8-3-9-22-39)32-38-19-6-2-7-20-38)43-28-16-27-42(33-43)44-34-45(36-54-35-44)53-56-51(40-23-10-4-11-24-40)55-52(57-53)41-25-12-5-13-26-41/h2-31,33-36,48H,32H2,1H3. The lowest BCUT2D eigenvalue weighted by molar-refractivity contribution is 0.471. The first kappa shape index (κ1) is 36.2. The summed E-state index contributed by atoms with van der Waals surface area (Å²) in [5.41, 5.74) is 11.4. The Bertz CT molecular complexity index is 2730. The number of benzene rings is 7. The first-order valence-electron chi connectivity index (χ1n) is 19.5. The van der Waals surface area contributed by atoms with E-state index in [0.717, 1.165) is 68.0 Å². The van der Waals surface area contributed by atoms with Crippen LogP contribution in [0.25, 0.3) is 56.4 Å². The first-order chi connectivity index (χ1) is 28.7. The van der Waals surface area contributed by atoms with E-state index in [1.54, 1.807) is 0 Å². The van der Waals surface area contributed by atoms with Crippen molar-refractivity contribution in [3.05, 3.63) is 229 Å². The molecule has 9 aromatic rings. The number of para-hydroxylation sites is 2. The van der Waals surface area contributed by atoms with Crippen LogP contribution in [0.4, 0.5) is 0 Å². The predicted octanol–water partition coefficient (Wildman–Crippen LogP) is 13.1. The van der Waals surface area contributed by atoms with Gasteiger partial charge < -0.3 is 4.74 Å². The molecule has 278 valence electrons. The minimum Gasteiger partial charge on any atom is -0.456 e. The smallest absolute Gasteiger partial charge is 0.165 e. The molecule has 0 aliphatic carbocycles. The highest BCUT2D eigenvalue weighted by atomic mass is 16.5. The molecule has 0 fully saturated rings. The number of aromatic nitrogens is 4. The Labute approximate surface area is 339 Å². The highest BCUT2D eigenvalue weighted by molar-refractivity contribution is 5.79. The SMILES string of the molecule is Cc1ccccc1Oc1c(-c2cccc(-c3cncc(-c4nc(-c5ccccc5)nc(-c5ccccc5)n4)c3)c2)cccc1C(Cc1ccccc1)c1ccccc1. The Kier molecular flexibility index (Phi) is 10.4. The second kappa shape index (κ2) is 16.7. The molecular weight excluding hydrogens is 709 g/mol. The number of nitrogens with zero attached hydrogens (tertiary/aromatic N) is 4. The third-order valence-corrected chi connectivity index (χ3v) is 10.4. The van der Waals surface area contributed by atoms with Gasteiger partial charge in [-0.3, -0.25) is 4.98 Å². The molecule has 0 spiro atoms. The Morgan fingerprint density at radius 3 is 1.64 bits per heavy atom. The van der Waals surface area contributed by atoms with Crippen LogP contribution in [-0.2, 0) is 6.42 Å². The van der Waals surface area contributed by atoms with Gasteiger partial charge in [-0.2, -0.15) is 0 Å². The molecule has 0 saturated carbocycles. The van der Waals surface area contributed by atoms with Gasteiger partial charge in [-0.05, 0) is 59.4 Å². The zero-order valence-electron chi connectivity index (χ0n) is 32.1. The van der Waals surface area contributed by atoms with Crippen molar-refractivity contribution in [1.29, 1.82) is 0 Å². The molecule has 58 heavy (non-hydrogen) atoms. The molecule has 1 atom stereocenters. The number of hydrogen-bond acceptors (Lipinski definition) is 5. The summed E-state index contributed by atoms with van der Waals surface area (Å²) in [4.78, 5) is 19.5. The van der Waals surface area contributed by atoms with E-state index in [9.17, 15) is 0 Å². The summed E-state index contributed by atoms with van der Waals surface area (Å²) in [6.07, 6.45) is 4.54. The van der Waals surface area contributed by atoms with E-state index in [0.29, 0.717) is 17.5 Å². The number of aryl methyl sites for hydroxylation is 1. The summed E-state index contributed by atoms with van der Waals surface area (Å²) in [5.74, 6) is 3.51. The Morgan fingerprint density at radius 2 is 0.966 bits per heavy atom. The molecule has 1 unspecified atom stereocenters. The van der Waals surface area contributed by atoms with Crippen LogP contribution in [0, 0.1) is 6.92 Å². The van der Waals surface area contributed by atoms with E-state index in [2.05, 4.69) is 122 Å². The van der Waals surface area contributed by atoms with Crippen LogP contribution in [-0.4, -0.2) is 19.9 Å². The fourth-order valence-corrected chi connectivity index (χ4v) is 7.42. The van der Waals surface area contributed by atoms with Crippen LogP contribution >= 0.6 is 0 Å². The summed E-state index contributed by atoms with van der Waals surface area (Å²) in [7, 11) is 0. The maximum absolute atomic E-state index is 7.05. The number of hydrogen-bond donors (Lipinski definition) is 0. The minimum absolute atomic E-state index is 0.0496. The van der Waals surface area contributed by atoms with Crippen molar-refractivity contribution < 1.29 is 4.74 Å². The summed E-state index contributed by atoms with van der Waals surface area (Å²) in [6.45, 7) is 2.09. The van der Waals surface area contributed by atoms with Crippen LogP contribution < -0.4 is 4.74 Å². The second-order valence-electron chi connectivity index (χ2n) is 14.3. The maximum atomic E-state index is 7.05. The van der Waals surface area contributed by atoms with Gasteiger partial charge in [0, 0.05) is 51.7 Å². The van der Waals surface area contributed by atoms with Crippen molar-refractivity contribution in [2.45, 2.75) is 19.3 Å². The molecule has 0 radical (unpaired) electrons. The summed E-state index contributed by atoms with van der Waals surface area (Å²) in [5, 5.41) is 0. The van der Waals surface area contributed by atoms with Crippen LogP contribution in [0.5, 0.6) is 11.5 Å². The van der Waals surface area contributed by atoms with E-state index in [4.69, 9.17) is 24.7 Å². The quantitative estimate of drug-likeness (QED) is 0.132. The summed E-state index contributed by atoms with van der Waals surface area (Å²) >= 11 is 0. The number of rotatable bonds is 11. The lowest BCUT2D eigenvalue weighted by atomic mass is 9.83. The monoisotopic (exact) mass is 748 g/mol. The summed E-state index contributed by atoms with van der Waals surface area (Å²) < 4.78 is 7.05. The van der Waals surface area contributed by atoms with E-state index in [-0.39, 0.29) is 5.92 Å². The fourth-order valence-electron chi connectivity index (χ4n) is 7.42. The Morgan fingerprint density at radius 1 is 0.448 bits per heavy atom. The van der Waals surface area contributed by atoms with E-state index in [1.807, 2.05) is 91.3 Å². The average molecular weight is 749 g/mol. The summed E-state index contributed by atoms with van der Waals surface area (Å²) in [6, 6.07) is 66.9. The van der Waals surface area contributed by atoms with Crippen molar-refractivity contribution in [2.24, 2.45) is 0 Å². The molecule has 0 aliphatic heterocycles. The van der Waals surface area contributed by atoms with Gasteiger partial charge in [-0.25, -0.2) is 15.0 Å². The van der Waals surface area contributed by atoms with Crippen molar-refractivity contribution in [3.63, 3.8) is 0 Å². The van der Waals surface area contributed by atoms with Gasteiger partial charge in [-0.1, -0.05) is 176 Å². The van der Waals surface area contributed by atoms with E-state index in [1.165, 1.54) is 11.1 Å². The molecule has 2 aromatic heterocycles. The third-order valence-electron chi connectivity index (χ3n) is 10.4. The molecule has 5 heteroatoms. The van der Waals surface area contributed by atoms with Gasteiger partial charge in [0.1, 0.15) is 11.5 Å². The van der Waals surface area contributed by atoms with Gasteiger partial charge in [0.15, 0.2) is 17.5 Å². The van der Waals surface area contributed by atoms with E-state index < -0.39 is 0 Å². The van der Waals surface area contributed by atoms with Gasteiger partial charge in [0.25, 0.3) is 0 Å². The van der Waals surface area contributed by atoms with Crippen LogP contribution in [0.3, 0.4) is 0 Å². The molecule has 2 heterocycles. The highest BCUT2D eigenvalue weighted by Gasteiger charge is 2.23. The zero-order chi connectivity index (χ0) is 39.1. The largest absolute Gasteiger partial charge is 0.456 e. The maximum Gasteiger partial charge on any atom is 0.165 e. The second-order valence-corrected chi connectivity index (χ2v) is 14.3. The molecule has 9 rings (SSSR count). The lowest BCUT2D eigenvalue weighted by Gasteiger charge is -2.24. The fraction of sp³-hybridized carbons (Fsp3) is 0.0566. The van der Waals surface area contributed by atoms with Crippen molar-refractivity contribution in [1.82, 2.24) is 19.9 Å². The number of pyridine rings is 1. The molecular formula is C53H40N4O. The van der Waals surface area contributed by atoms with E-state index >= 15 is 0 Å². The minimum atomic E-state index is 0.0496. The first-order valence-corrected chi connectivity index (χ1v) is 19.5. The predicted molar refractivity (Wildman–Crippen MR) is 234 cm³/mol. The van der Waals surface area contributed by atoms with Gasteiger partial charge in [0.05, 0.1) is 0 Å².